The van der Waals surface area contributed by atoms with Crippen LogP contribution in [0.2, 0.25) is 0 Å². The molecule has 132 valence electrons. The molecular formula is C20H36N2O. The van der Waals surface area contributed by atoms with Gasteiger partial charge >= 0.3 is 0 Å². The van der Waals surface area contributed by atoms with Crippen molar-refractivity contribution in [3.63, 3.8) is 0 Å². The van der Waals surface area contributed by atoms with Gasteiger partial charge in [0.25, 0.3) is 0 Å². The van der Waals surface area contributed by atoms with E-state index in [1.807, 2.05) is 0 Å². The van der Waals surface area contributed by atoms with Gasteiger partial charge in [-0.1, -0.05) is 53.7 Å². The minimum atomic E-state index is 0.365. The van der Waals surface area contributed by atoms with E-state index >= 15 is 0 Å². The topological polar surface area (TPSA) is 61.3 Å². The van der Waals surface area contributed by atoms with Crippen molar-refractivity contribution >= 4 is 0 Å². The Morgan fingerprint density at radius 2 is 1.57 bits per heavy atom. The number of benzene rings is 1. The largest absolute Gasteiger partial charge is 0.493 e. The first-order valence-corrected chi connectivity index (χ1v) is 8.98. The van der Waals surface area contributed by atoms with E-state index in [4.69, 9.17) is 16.2 Å². The maximum atomic E-state index is 6.00. The van der Waals surface area contributed by atoms with Crippen molar-refractivity contribution in [1.82, 2.24) is 0 Å². The molecule has 0 radical (unpaired) electrons. The maximum absolute atomic E-state index is 6.00. The number of hydrogen-bond donors (Lipinski definition) is 2. The van der Waals surface area contributed by atoms with Crippen LogP contribution in [0.1, 0.15) is 64.5 Å². The van der Waals surface area contributed by atoms with Crippen LogP contribution in [0.3, 0.4) is 0 Å². The molecule has 1 aromatic rings. The summed E-state index contributed by atoms with van der Waals surface area (Å²) in [5.41, 5.74) is 14.4. The fourth-order valence-corrected chi connectivity index (χ4v) is 2.93. The first-order chi connectivity index (χ1) is 10.8. The zero-order chi connectivity index (χ0) is 17.6. The molecule has 0 aromatic heterocycles. The third kappa shape index (κ3) is 5.50. The Kier molecular flexibility index (Phi) is 8.07. The van der Waals surface area contributed by atoms with Crippen LogP contribution in [0.15, 0.2) is 18.2 Å². The van der Waals surface area contributed by atoms with Crippen LogP contribution in [0.5, 0.6) is 5.75 Å². The predicted molar refractivity (Wildman–Crippen MR) is 100 cm³/mol. The highest BCUT2D eigenvalue weighted by molar-refractivity contribution is 5.40. The molecule has 3 nitrogen and oxygen atoms in total. The van der Waals surface area contributed by atoms with Gasteiger partial charge in [0.05, 0.1) is 6.61 Å². The minimum Gasteiger partial charge on any atom is -0.493 e. The summed E-state index contributed by atoms with van der Waals surface area (Å²) in [6.45, 7) is 15.4. The molecule has 0 amide bonds. The van der Waals surface area contributed by atoms with Gasteiger partial charge < -0.3 is 16.2 Å². The van der Waals surface area contributed by atoms with Gasteiger partial charge in [0.15, 0.2) is 0 Å². The first kappa shape index (κ1) is 20.0. The van der Waals surface area contributed by atoms with Crippen molar-refractivity contribution in [2.75, 3.05) is 19.7 Å². The van der Waals surface area contributed by atoms with E-state index in [-0.39, 0.29) is 0 Å². The molecule has 2 unspecified atom stereocenters. The second kappa shape index (κ2) is 9.29. The fourth-order valence-electron chi connectivity index (χ4n) is 2.93. The van der Waals surface area contributed by atoms with Gasteiger partial charge in [-0.3, -0.25) is 0 Å². The summed E-state index contributed by atoms with van der Waals surface area (Å²) < 4.78 is 6.00. The molecule has 0 saturated heterocycles. The van der Waals surface area contributed by atoms with Crippen molar-refractivity contribution in [3.8, 4) is 5.75 Å². The molecule has 0 aliphatic heterocycles. The van der Waals surface area contributed by atoms with Gasteiger partial charge in [-0.05, 0) is 59.9 Å². The second-order valence-corrected chi connectivity index (χ2v) is 7.54. The molecule has 0 saturated carbocycles. The molecule has 3 heteroatoms. The molecule has 23 heavy (non-hydrogen) atoms. The van der Waals surface area contributed by atoms with Crippen LogP contribution in [0.25, 0.3) is 0 Å². The lowest BCUT2D eigenvalue weighted by Gasteiger charge is -2.28. The summed E-state index contributed by atoms with van der Waals surface area (Å²) in [6, 6.07) is 6.65. The maximum Gasteiger partial charge on any atom is 0.122 e. The molecule has 0 aliphatic rings. The number of nitrogens with two attached hydrogens (primary N) is 2. The summed E-state index contributed by atoms with van der Waals surface area (Å²) in [4.78, 5) is 0. The SMILES string of the molecule is CC(C)COc1ccc(C(C)C(C)C(CN)CN)cc1C(C)C. The molecule has 1 aromatic carbocycles. The molecule has 0 aliphatic carbocycles. The van der Waals surface area contributed by atoms with Crippen molar-refractivity contribution < 1.29 is 4.74 Å². The van der Waals surface area contributed by atoms with E-state index in [0.717, 1.165) is 12.4 Å². The van der Waals surface area contributed by atoms with Crippen LogP contribution < -0.4 is 16.2 Å². The second-order valence-electron chi connectivity index (χ2n) is 7.54. The lowest BCUT2D eigenvalue weighted by molar-refractivity contribution is 0.267. The quantitative estimate of drug-likeness (QED) is 0.719. The zero-order valence-electron chi connectivity index (χ0n) is 15.8. The summed E-state index contributed by atoms with van der Waals surface area (Å²) in [5.74, 6) is 3.26. The van der Waals surface area contributed by atoms with Gasteiger partial charge in [-0.25, -0.2) is 0 Å². The van der Waals surface area contributed by atoms with Crippen LogP contribution >= 0.6 is 0 Å². The van der Waals surface area contributed by atoms with Crippen molar-refractivity contribution in [3.05, 3.63) is 29.3 Å². The molecular weight excluding hydrogens is 284 g/mol. The highest BCUT2D eigenvalue weighted by Crippen LogP contribution is 2.34. The van der Waals surface area contributed by atoms with E-state index in [2.05, 4.69) is 59.7 Å². The minimum absolute atomic E-state index is 0.365. The Balaban J connectivity index is 3.02. The Morgan fingerprint density at radius 1 is 0.957 bits per heavy atom. The number of rotatable bonds is 9. The van der Waals surface area contributed by atoms with Gasteiger partial charge in [0.1, 0.15) is 5.75 Å². The number of ether oxygens (including phenoxy) is 1. The van der Waals surface area contributed by atoms with E-state index in [1.54, 1.807) is 0 Å². The Bertz CT molecular complexity index is 467. The van der Waals surface area contributed by atoms with Gasteiger partial charge in [0.2, 0.25) is 0 Å². The predicted octanol–water partition coefficient (Wildman–Crippen LogP) is 4.12. The van der Waals surface area contributed by atoms with Crippen LogP contribution in [-0.2, 0) is 0 Å². The highest BCUT2D eigenvalue weighted by Gasteiger charge is 2.23. The molecule has 0 heterocycles. The average Bonchev–Trinajstić information content (AvgIpc) is 2.52. The van der Waals surface area contributed by atoms with Crippen LogP contribution in [-0.4, -0.2) is 19.7 Å². The summed E-state index contributed by atoms with van der Waals surface area (Å²) in [7, 11) is 0. The Hall–Kier alpha value is -1.06. The normalized spacial score (nSPS) is 14.6. The molecule has 2 atom stereocenters. The molecule has 4 N–H and O–H groups in total. The van der Waals surface area contributed by atoms with Gasteiger partial charge in [0, 0.05) is 0 Å². The Labute approximate surface area is 142 Å². The van der Waals surface area contributed by atoms with Crippen LogP contribution in [0.4, 0.5) is 0 Å². The third-order valence-corrected chi connectivity index (χ3v) is 4.89. The first-order valence-electron chi connectivity index (χ1n) is 8.98. The fraction of sp³-hybridized carbons (Fsp3) is 0.700. The van der Waals surface area contributed by atoms with Gasteiger partial charge in [-0.15, -0.1) is 0 Å². The molecule has 0 spiro atoms. The Morgan fingerprint density at radius 3 is 2.04 bits per heavy atom. The van der Waals surface area contributed by atoms with E-state index in [9.17, 15) is 0 Å². The van der Waals surface area contributed by atoms with E-state index in [1.165, 1.54) is 11.1 Å². The van der Waals surface area contributed by atoms with E-state index < -0.39 is 0 Å². The molecule has 0 fully saturated rings. The molecule has 0 bridgehead atoms. The lowest BCUT2D eigenvalue weighted by atomic mass is 9.79. The van der Waals surface area contributed by atoms with Crippen molar-refractivity contribution in [1.29, 1.82) is 0 Å². The summed E-state index contributed by atoms with van der Waals surface area (Å²) in [5, 5.41) is 0. The smallest absolute Gasteiger partial charge is 0.122 e. The van der Waals surface area contributed by atoms with Crippen LogP contribution in [0, 0.1) is 17.8 Å². The highest BCUT2D eigenvalue weighted by atomic mass is 16.5. The monoisotopic (exact) mass is 320 g/mol. The van der Waals surface area contributed by atoms with Gasteiger partial charge in [-0.2, -0.15) is 0 Å². The molecule has 1 rings (SSSR count). The average molecular weight is 321 g/mol. The number of hydrogen-bond acceptors (Lipinski definition) is 3. The van der Waals surface area contributed by atoms with E-state index in [0.29, 0.717) is 42.7 Å². The third-order valence-electron chi connectivity index (χ3n) is 4.89. The van der Waals surface area contributed by atoms with Crippen molar-refractivity contribution in [2.24, 2.45) is 29.2 Å². The lowest BCUT2D eigenvalue weighted by Crippen LogP contribution is -2.31. The zero-order valence-corrected chi connectivity index (χ0v) is 15.8. The summed E-state index contributed by atoms with van der Waals surface area (Å²) in [6.07, 6.45) is 0. The summed E-state index contributed by atoms with van der Waals surface area (Å²) >= 11 is 0. The van der Waals surface area contributed by atoms with Crippen molar-refractivity contribution in [2.45, 2.75) is 53.4 Å². The standard InChI is InChI=1S/C20H36N2O/c1-13(2)12-23-20-8-7-17(9-19(20)14(3)4)15(5)16(6)18(10-21)11-22/h7-9,13-16,18H,10-12,21-22H2,1-6H3.